The molecule has 1 heterocycles. The monoisotopic (exact) mass is 503 g/mol. The molecule has 1 fully saturated rings. The van der Waals surface area contributed by atoms with E-state index in [1.165, 1.54) is 17.7 Å². The van der Waals surface area contributed by atoms with Crippen LogP contribution in [-0.4, -0.2) is 46.6 Å². The lowest BCUT2D eigenvalue weighted by Gasteiger charge is -2.50. The Morgan fingerprint density at radius 3 is 2.65 bits per heavy atom. The summed E-state index contributed by atoms with van der Waals surface area (Å²) in [5, 5.41) is 0. The maximum absolute atomic E-state index is 13.5. The number of allylic oxidation sites excluding steroid dienone is 1. The van der Waals surface area contributed by atoms with Crippen LogP contribution in [0.2, 0.25) is 0 Å². The average molecular weight is 504 g/mol. The van der Waals surface area contributed by atoms with E-state index < -0.39 is 5.60 Å². The van der Waals surface area contributed by atoms with Crippen molar-refractivity contribution in [1.82, 2.24) is 14.9 Å². The van der Waals surface area contributed by atoms with Gasteiger partial charge in [0.2, 0.25) is 0 Å². The number of imidazole rings is 1. The Balaban J connectivity index is 1.24. The van der Waals surface area contributed by atoms with Crippen LogP contribution < -0.4 is 0 Å². The van der Waals surface area contributed by atoms with Crippen molar-refractivity contribution < 1.29 is 13.9 Å². The predicted molar refractivity (Wildman–Crippen MR) is 145 cm³/mol. The SMILES string of the molecule is CC(C)C(=O)O[C@@]1(CCN(C)CCCc2nc3ccccc3[nH]2)C[C@H]2CC[C@@H]1C=C2c1ccc(F)cc1. The van der Waals surface area contributed by atoms with E-state index in [1.54, 1.807) is 0 Å². The predicted octanol–water partition coefficient (Wildman–Crippen LogP) is 6.41. The molecule has 37 heavy (non-hydrogen) atoms. The number of aromatic nitrogens is 2. The van der Waals surface area contributed by atoms with Gasteiger partial charge in [0.05, 0.1) is 17.0 Å². The number of ether oxygens (including phenoxy) is 1. The minimum absolute atomic E-state index is 0.114. The number of nitrogens with zero attached hydrogens (tertiary/aromatic N) is 2. The summed E-state index contributed by atoms with van der Waals surface area (Å²) in [6.45, 7) is 5.63. The summed E-state index contributed by atoms with van der Waals surface area (Å²) >= 11 is 0. The molecule has 2 bridgehead atoms. The van der Waals surface area contributed by atoms with Gasteiger partial charge in [-0.3, -0.25) is 4.79 Å². The lowest BCUT2D eigenvalue weighted by Crippen LogP contribution is -2.51. The molecule has 1 saturated carbocycles. The highest BCUT2D eigenvalue weighted by atomic mass is 19.1. The number of H-pyrrole nitrogens is 1. The van der Waals surface area contributed by atoms with Crippen LogP contribution in [0.5, 0.6) is 0 Å². The first-order valence-electron chi connectivity index (χ1n) is 13.7. The van der Waals surface area contributed by atoms with Crippen molar-refractivity contribution in [2.75, 3.05) is 20.1 Å². The van der Waals surface area contributed by atoms with Gasteiger partial charge >= 0.3 is 5.97 Å². The van der Waals surface area contributed by atoms with Crippen LogP contribution in [0, 0.1) is 23.6 Å². The Hall–Kier alpha value is -2.99. The van der Waals surface area contributed by atoms with Crippen molar-refractivity contribution in [3.05, 3.63) is 71.8 Å². The maximum atomic E-state index is 13.5. The molecule has 0 radical (unpaired) electrons. The third kappa shape index (κ3) is 5.64. The summed E-state index contributed by atoms with van der Waals surface area (Å²) in [4.78, 5) is 23.3. The minimum Gasteiger partial charge on any atom is -0.458 e. The van der Waals surface area contributed by atoms with Gasteiger partial charge in [-0.1, -0.05) is 44.2 Å². The Bertz CT molecular complexity index is 1230. The fraction of sp³-hybridized carbons (Fsp3) is 0.484. The second-order valence-electron chi connectivity index (χ2n) is 11.2. The summed E-state index contributed by atoms with van der Waals surface area (Å²) in [6.07, 6.45) is 8.00. The van der Waals surface area contributed by atoms with E-state index in [4.69, 9.17) is 9.72 Å². The van der Waals surface area contributed by atoms with Gasteiger partial charge in [-0.05, 0) is 80.6 Å². The molecule has 0 saturated heterocycles. The van der Waals surface area contributed by atoms with Gasteiger partial charge in [-0.25, -0.2) is 9.37 Å². The molecule has 3 aliphatic carbocycles. The molecule has 6 heteroatoms. The highest BCUT2D eigenvalue weighted by molar-refractivity contribution is 5.75. The smallest absolute Gasteiger partial charge is 0.308 e. The van der Waals surface area contributed by atoms with E-state index in [9.17, 15) is 9.18 Å². The molecule has 3 aromatic rings. The van der Waals surface area contributed by atoms with E-state index in [0.29, 0.717) is 5.92 Å². The first kappa shape index (κ1) is 25.7. The zero-order valence-corrected chi connectivity index (χ0v) is 22.2. The molecular formula is C31H38FN3O2. The topological polar surface area (TPSA) is 58.2 Å². The first-order chi connectivity index (χ1) is 17.8. The number of esters is 1. The first-order valence-corrected chi connectivity index (χ1v) is 13.7. The quantitative estimate of drug-likeness (QED) is 0.325. The minimum atomic E-state index is -0.471. The van der Waals surface area contributed by atoms with Crippen LogP contribution in [0.15, 0.2) is 54.6 Å². The van der Waals surface area contributed by atoms with Crippen LogP contribution >= 0.6 is 0 Å². The third-order valence-electron chi connectivity index (χ3n) is 8.18. The van der Waals surface area contributed by atoms with E-state index >= 15 is 0 Å². The fourth-order valence-electron chi connectivity index (χ4n) is 6.05. The molecule has 2 aromatic carbocycles. The molecule has 1 aromatic heterocycles. The summed E-state index contributed by atoms with van der Waals surface area (Å²) in [5.74, 6) is 1.06. The fourth-order valence-corrected chi connectivity index (χ4v) is 6.05. The van der Waals surface area contributed by atoms with Gasteiger partial charge in [-0.15, -0.1) is 0 Å². The zero-order valence-electron chi connectivity index (χ0n) is 22.2. The van der Waals surface area contributed by atoms with Crippen molar-refractivity contribution >= 4 is 22.6 Å². The average Bonchev–Trinajstić information content (AvgIpc) is 3.31. The van der Waals surface area contributed by atoms with E-state index in [1.807, 2.05) is 44.2 Å². The molecule has 5 nitrogen and oxygen atoms in total. The number of aromatic amines is 1. The molecule has 3 atom stereocenters. The van der Waals surface area contributed by atoms with Crippen molar-refractivity contribution in [2.24, 2.45) is 17.8 Å². The summed E-state index contributed by atoms with van der Waals surface area (Å²) in [5.41, 5.74) is 4.00. The van der Waals surface area contributed by atoms with Gasteiger partial charge in [0.15, 0.2) is 0 Å². The summed E-state index contributed by atoms with van der Waals surface area (Å²) in [6, 6.07) is 14.9. The van der Waals surface area contributed by atoms with Crippen LogP contribution in [0.25, 0.3) is 16.6 Å². The number of carbonyl (C=O) groups is 1. The summed E-state index contributed by atoms with van der Waals surface area (Å²) in [7, 11) is 2.15. The number of para-hydroxylation sites is 2. The summed E-state index contributed by atoms with van der Waals surface area (Å²) < 4.78 is 19.9. The number of carbonyl (C=O) groups excluding carboxylic acids is 1. The lowest BCUT2D eigenvalue weighted by atomic mass is 9.60. The van der Waals surface area contributed by atoms with Crippen LogP contribution in [0.4, 0.5) is 4.39 Å². The molecule has 3 aliphatic rings. The molecular weight excluding hydrogens is 465 g/mol. The number of benzene rings is 2. The molecule has 0 aliphatic heterocycles. The number of fused-ring (bicyclic) bond motifs is 3. The van der Waals surface area contributed by atoms with Gasteiger partial charge in [0, 0.05) is 25.3 Å². The Morgan fingerprint density at radius 2 is 1.95 bits per heavy atom. The zero-order chi connectivity index (χ0) is 26.0. The third-order valence-corrected chi connectivity index (χ3v) is 8.18. The Labute approximate surface area is 219 Å². The van der Waals surface area contributed by atoms with Gasteiger partial charge in [0.1, 0.15) is 17.2 Å². The standard InChI is InChI=1S/C31H38FN3O2/c1-21(2)30(36)37-31(20-23-10-13-24(31)19-26(23)22-11-14-25(32)15-12-22)16-18-35(3)17-6-9-29-33-27-7-4-5-8-28(27)34-29/h4-5,7-8,11-12,14-15,19,21,23-24H,6,9-10,13,16-18,20H2,1-3H3,(H,33,34)/t23-,24-,31+/m1/s1. The maximum Gasteiger partial charge on any atom is 0.308 e. The number of hydrogen-bond donors (Lipinski definition) is 1. The second-order valence-corrected chi connectivity index (χ2v) is 11.2. The Kier molecular flexibility index (Phi) is 7.47. The highest BCUT2D eigenvalue weighted by Crippen LogP contribution is 2.53. The van der Waals surface area contributed by atoms with Crippen LogP contribution in [0.3, 0.4) is 0 Å². The van der Waals surface area contributed by atoms with E-state index in [0.717, 1.165) is 74.0 Å². The van der Waals surface area contributed by atoms with Crippen molar-refractivity contribution in [2.45, 2.75) is 58.0 Å². The lowest BCUT2D eigenvalue weighted by molar-refractivity contribution is -0.176. The molecule has 196 valence electrons. The molecule has 0 amide bonds. The number of hydrogen-bond acceptors (Lipinski definition) is 4. The molecule has 6 rings (SSSR count). The largest absolute Gasteiger partial charge is 0.458 e. The molecule has 0 unspecified atom stereocenters. The van der Waals surface area contributed by atoms with Crippen molar-refractivity contribution in [1.29, 1.82) is 0 Å². The highest BCUT2D eigenvalue weighted by Gasteiger charge is 2.50. The van der Waals surface area contributed by atoms with E-state index in [-0.39, 0.29) is 23.6 Å². The normalized spacial score (nSPS) is 23.1. The van der Waals surface area contributed by atoms with Gasteiger partial charge in [0.25, 0.3) is 0 Å². The van der Waals surface area contributed by atoms with Crippen LogP contribution in [-0.2, 0) is 16.0 Å². The second kappa shape index (κ2) is 10.8. The number of aryl methyl sites for hydroxylation is 1. The van der Waals surface area contributed by atoms with Gasteiger partial charge in [-0.2, -0.15) is 0 Å². The van der Waals surface area contributed by atoms with E-state index in [2.05, 4.69) is 29.1 Å². The molecule has 1 N–H and O–H groups in total. The number of nitrogens with one attached hydrogen (secondary N) is 1. The molecule has 0 spiro atoms. The van der Waals surface area contributed by atoms with Gasteiger partial charge < -0.3 is 14.6 Å². The number of halogens is 1. The van der Waals surface area contributed by atoms with Crippen molar-refractivity contribution in [3.8, 4) is 0 Å². The van der Waals surface area contributed by atoms with Crippen molar-refractivity contribution in [3.63, 3.8) is 0 Å². The Morgan fingerprint density at radius 1 is 1.16 bits per heavy atom. The van der Waals surface area contributed by atoms with Crippen LogP contribution in [0.1, 0.15) is 57.3 Å². The number of rotatable bonds is 10.